The van der Waals surface area contributed by atoms with Crippen molar-refractivity contribution in [3.63, 3.8) is 0 Å². The molecule has 0 aromatic carbocycles. The van der Waals surface area contributed by atoms with Crippen LogP contribution in [0.2, 0.25) is 24.2 Å². The Morgan fingerprint density at radius 2 is 1.82 bits per heavy atom. The molecule has 1 aliphatic heterocycles. The van der Waals surface area contributed by atoms with E-state index in [2.05, 4.69) is 33.9 Å². The third kappa shape index (κ3) is 1.40. The molecule has 0 aromatic rings. The predicted molar refractivity (Wildman–Crippen MR) is 54.7 cm³/mol. The molecule has 0 spiro atoms. The van der Waals surface area contributed by atoms with Crippen molar-refractivity contribution in [1.29, 1.82) is 0 Å². The molecule has 1 heterocycles. The monoisotopic (exact) mass is 170 g/mol. The highest BCUT2D eigenvalue weighted by atomic mass is 28.3. The van der Waals surface area contributed by atoms with Crippen LogP contribution in [0, 0.1) is 5.92 Å². The standard InChI is InChI=1S/C10H22Si/c1-9-7-6-8-11(4,5)10(9,2)3/h9H,6-8H2,1-5H3. The van der Waals surface area contributed by atoms with E-state index in [0.29, 0.717) is 5.04 Å². The average Bonchev–Trinajstić information content (AvgIpc) is 1.84. The fourth-order valence-electron chi connectivity index (χ4n) is 2.20. The summed E-state index contributed by atoms with van der Waals surface area (Å²) in [6.07, 6.45) is 2.95. The van der Waals surface area contributed by atoms with Crippen LogP contribution >= 0.6 is 0 Å². The van der Waals surface area contributed by atoms with Gasteiger partial charge in [0.05, 0.1) is 8.07 Å². The molecule has 1 atom stereocenters. The van der Waals surface area contributed by atoms with Gasteiger partial charge in [-0.15, -0.1) is 0 Å². The highest BCUT2D eigenvalue weighted by Gasteiger charge is 2.44. The Bertz CT molecular complexity index is 147. The van der Waals surface area contributed by atoms with E-state index in [4.69, 9.17) is 0 Å². The van der Waals surface area contributed by atoms with Crippen molar-refractivity contribution in [1.82, 2.24) is 0 Å². The third-order valence-electron chi connectivity index (χ3n) is 4.42. The summed E-state index contributed by atoms with van der Waals surface area (Å²) >= 11 is 0. The van der Waals surface area contributed by atoms with E-state index in [0.717, 1.165) is 5.92 Å². The van der Waals surface area contributed by atoms with Gasteiger partial charge in [-0.2, -0.15) is 0 Å². The van der Waals surface area contributed by atoms with Crippen molar-refractivity contribution in [2.75, 3.05) is 0 Å². The largest absolute Gasteiger partial charge is 0.0690 e. The van der Waals surface area contributed by atoms with Crippen molar-refractivity contribution in [3.8, 4) is 0 Å². The molecule has 0 saturated carbocycles. The molecular formula is C10H22Si. The Morgan fingerprint density at radius 3 is 2.18 bits per heavy atom. The third-order valence-corrected chi connectivity index (χ3v) is 10.0. The van der Waals surface area contributed by atoms with Crippen LogP contribution in [0.1, 0.15) is 33.6 Å². The Balaban J connectivity index is 2.82. The van der Waals surface area contributed by atoms with Crippen molar-refractivity contribution in [3.05, 3.63) is 0 Å². The van der Waals surface area contributed by atoms with Crippen molar-refractivity contribution < 1.29 is 0 Å². The molecule has 1 aliphatic rings. The number of rotatable bonds is 0. The second-order valence-electron chi connectivity index (χ2n) is 5.40. The first-order chi connectivity index (χ1) is 4.88. The Labute approximate surface area is 72.4 Å². The molecule has 1 heteroatoms. The second-order valence-corrected chi connectivity index (χ2v) is 11.0. The molecule has 11 heavy (non-hydrogen) atoms. The minimum Gasteiger partial charge on any atom is -0.0690 e. The van der Waals surface area contributed by atoms with Crippen LogP contribution in [-0.2, 0) is 0 Å². The van der Waals surface area contributed by atoms with Gasteiger partial charge in [0.15, 0.2) is 0 Å². The van der Waals surface area contributed by atoms with Gasteiger partial charge < -0.3 is 0 Å². The molecule has 1 unspecified atom stereocenters. The van der Waals surface area contributed by atoms with Gasteiger partial charge in [0, 0.05) is 0 Å². The first-order valence-corrected chi connectivity index (χ1v) is 8.08. The minimum atomic E-state index is -0.881. The maximum absolute atomic E-state index is 2.56. The Kier molecular flexibility index (Phi) is 2.21. The van der Waals surface area contributed by atoms with Gasteiger partial charge in [0.2, 0.25) is 0 Å². The van der Waals surface area contributed by atoms with E-state index < -0.39 is 8.07 Å². The zero-order valence-electron chi connectivity index (χ0n) is 8.70. The lowest BCUT2D eigenvalue weighted by Gasteiger charge is -2.48. The Morgan fingerprint density at radius 1 is 1.27 bits per heavy atom. The summed E-state index contributed by atoms with van der Waals surface area (Å²) in [6.45, 7) is 12.5. The predicted octanol–water partition coefficient (Wildman–Crippen LogP) is 3.90. The van der Waals surface area contributed by atoms with Gasteiger partial charge in [-0.05, 0) is 11.0 Å². The fourth-order valence-corrected chi connectivity index (χ4v) is 5.41. The molecule has 0 aromatic heterocycles. The molecule has 66 valence electrons. The van der Waals surface area contributed by atoms with Gasteiger partial charge in [0.25, 0.3) is 0 Å². The van der Waals surface area contributed by atoms with Gasteiger partial charge in [-0.25, -0.2) is 0 Å². The molecule has 0 N–H and O–H groups in total. The van der Waals surface area contributed by atoms with Gasteiger partial charge >= 0.3 is 0 Å². The lowest BCUT2D eigenvalue weighted by atomic mass is 9.91. The zero-order valence-corrected chi connectivity index (χ0v) is 9.70. The maximum Gasteiger partial charge on any atom is 0.0533 e. The Hall–Kier alpha value is 0.217. The van der Waals surface area contributed by atoms with E-state index in [9.17, 15) is 0 Å². The van der Waals surface area contributed by atoms with E-state index in [1.54, 1.807) is 6.04 Å². The minimum absolute atomic E-state index is 0.672. The summed E-state index contributed by atoms with van der Waals surface area (Å²) in [6, 6.07) is 1.55. The molecule has 0 bridgehead atoms. The summed E-state index contributed by atoms with van der Waals surface area (Å²) in [4.78, 5) is 0. The summed E-state index contributed by atoms with van der Waals surface area (Å²) in [7, 11) is -0.881. The fraction of sp³-hybridized carbons (Fsp3) is 1.00. The summed E-state index contributed by atoms with van der Waals surface area (Å²) in [5, 5.41) is 0.672. The summed E-state index contributed by atoms with van der Waals surface area (Å²) in [5.74, 6) is 0.956. The molecular weight excluding hydrogens is 148 g/mol. The number of hydrogen-bond donors (Lipinski definition) is 0. The quantitative estimate of drug-likeness (QED) is 0.484. The van der Waals surface area contributed by atoms with Gasteiger partial charge in [0.1, 0.15) is 0 Å². The van der Waals surface area contributed by atoms with Crippen LogP contribution < -0.4 is 0 Å². The number of hydrogen-bond acceptors (Lipinski definition) is 0. The van der Waals surface area contributed by atoms with Crippen LogP contribution in [0.3, 0.4) is 0 Å². The molecule has 0 amide bonds. The van der Waals surface area contributed by atoms with E-state index in [1.165, 1.54) is 12.8 Å². The lowest BCUT2D eigenvalue weighted by Crippen LogP contribution is -2.45. The molecule has 1 rings (SSSR count). The van der Waals surface area contributed by atoms with Crippen LogP contribution in [0.15, 0.2) is 0 Å². The van der Waals surface area contributed by atoms with E-state index >= 15 is 0 Å². The van der Waals surface area contributed by atoms with Crippen LogP contribution in [0.4, 0.5) is 0 Å². The van der Waals surface area contributed by atoms with Gasteiger partial charge in [-0.3, -0.25) is 0 Å². The lowest BCUT2D eigenvalue weighted by molar-refractivity contribution is 0.366. The van der Waals surface area contributed by atoms with E-state index in [-0.39, 0.29) is 0 Å². The topological polar surface area (TPSA) is 0 Å². The summed E-state index contributed by atoms with van der Waals surface area (Å²) < 4.78 is 0. The second kappa shape index (κ2) is 2.62. The normalized spacial score (nSPS) is 35.2. The highest BCUT2D eigenvalue weighted by molar-refractivity contribution is 6.80. The zero-order chi connectivity index (χ0) is 8.70. The molecule has 1 saturated heterocycles. The first-order valence-electron chi connectivity index (χ1n) is 4.88. The van der Waals surface area contributed by atoms with Crippen LogP contribution in [0.25, 0.3) is 0 Å². The van der Waals surface area contributed by atoms with Crippen molar-refractivity contribution in [2.24, 2.45) is 5.92 Å². The van der Waals surface area contributed by atoms with Crippen molar-refractivity contribution in [2.45, 2.75) is 57.8 Å². The van der Waals surface area contributed by atoms with Crippen molar-refractivity contribution >= 4 is 8.07 Å². The highest BCUT2D eigenvalue weighted by Crippen LogP contribution is 2.52. The smallest absolute Gasteiger partial charge is 0.0533 e. The first kappa shape index (κ1) is 9.31. The SMILES string of the molecule is CC1CCC[Si](C)(C)C1(C)C. The molecule has 0 radical (unpaired) electrons. The van der Waals surface area contributed by atoms with Gasteiger partial charge in [-0.1, -0.05) is 52.8 Å². The molecule has 1 fully saturated rings. The van der Waals surface area contributed by atoms with Crippen LogP contribution in [0.5, 0.6) is 0 Å². The summed E-state index contributed by atoms with van der Waals surface area (Å²) in [5.41, 5.74) is 0. The maximum atomic E-state index is 2.56. The van der Waals surface area contributed by atoms with Crippen LogP contribution in [-0.4, -0.2) is 8.07 Å². The molecule has 0 aliphatic carbocycles. The van der Waals surface area contributed by atoms with E-state index in [1.807, 2.05) is 0 Å². The average molecular weight is 170 g/mol. The molecule has 0 nitrogen and oxygen atoms in total.